The van der Waals surface area contributed by atoms with Gasteiger partial charge in [0.25, 0.3) is 0 Å². The number of rotatable bonds is 3. The normalized spacial score (nSPS) is 10.2. The summed E-state index contributed by atoms with van der Waals surface area (Å²) in [5.74, 6) is 0.827. The number of ether oxygens (including phenoxy) is 1. The molecule has 0 unspecified atom stereocenters. The highest BCUT2D eigenvalue weighted by atomic mass is 79.9. The Morgan fingerprint density at radius 2 is 2.20 bits per heavy atom. The molecule has 0 aliphatic heterocycles. The number of aromatic hydroxyl groups is 1. The van der Waals surface area contributed by atoms with Gasteiger partial charge in [0.05, 0.1) is 6.26 Å². The lowest BCUT2D eigenvalue weighted by Crippen LogP contribution is -1.92. The Morgan fingerprint density at radius 3 is 2.87 bits per heavy atom. The van der Waals surface area contributed by atoms with Crippen LogP contribution in [0.3, 0.4) is 0 Å². The molecule has 1 aromatic carbocycles. The minimum atomic E-state index is 0.195. The van der Waals surface area contributed by atoms with Gasteiger partial charge < -0.3 is 14.3 Å². The zero-order valence-electron chi connectivity index (χ0n) is 7.81. The summed E-state index contributed by atoms with van der Waals surface area (Å²) in [4.78, 5) is 0. The molecule has 0 aliphatic carbocycles. The largest absolute Gasteiger partial charge is 0.508 e. The minimum Gasteiger partial charge on any atom is -0.508 e. The van der Waals surface area contributed by atoms with Crippen molar-refractivity contribution in [1.82, 2.24) is 0 Å². The van der Waals surface area contributed by atoms with E-state index in [1.807, 2.05) is 6.07 Å². The van der Waals surface area contributed by atoms with Gasteiger partial charge in [-0.1, -0.05) is 6.07 Å². The van der Waals surface area contributed by atoms with Crippen LogP contribution in [0.4, 0.5) is 0 Å². The first-order chi connectivity index (χ1) is 7.24. The third kappa shape index (κ3) is 2.76. The number of phenols is 1. The van der Waals surface area contributed by atoms with E-state index in [1.165, 1.54) is 0 Å². The summed E-state index contributed by atoms with van der Waals surface area (Å²) in [7, 11) is 0. The third-order valence-electron chi connectivity index (χ3n) is 1.84. The van der Waals surface area contributed by atoms with Crippen molar-refractivity contribution in [3.8, 4) is 11.5 Å². The molecule has 0 saturated carbocycles. The number of halogens is 1. The highest BCUT2D eigenvalue weighted by molar-refractivity contribution is 9.10. The van der Waals surface area contributed by atoms with Crippen molar-refractivity contribution < 1.29 is 14.3 Å². The Morgan fingerprint density at radius 1 is 1.33 bits per heavy atom. The van der Waals surface area contributed by atoms with E-state index >= 15 is 0 Å². The second-order valence-corrected chi connectivity index (χ2v) is 3.83. The van der Waals surface area contributed by atoms with Crippen LogP contribution < -0.4 is 4.74 Å². The maximum absolute atomic E-state index is 9.21. The van der Waals surface area contributed by atoms with Crippen LogP contribution in [0.15, 0.2) is 45.7 Å². The van der Waals surface area contributed by atoms with Gasteiger partial charge in [0.2, 0.25) is 0 Å². The molecule has 0 atom stereocenters. The molecule has 1 heterocycles. The quantitative estimate of drug-likeness (QED) is 0.929. The first-order valence-corrected chi connectivity index (χ1v) is 5.18. The van der Waals surface area contributed by atoms with Gasteiger partial charge in [-0.15, -0.1) is 0 Å². The van der Waals surface area contributed by atoms with Gasteiger partial charge >= 0.3 is 0 Å². The van der Waals surface area contributed by atoms with E-state index in [0.29, 0.717) is 17.0 Å². The van der Waals surface area contributed by atoms with Crippen LogP contribution in [0.1, 0.15) is 5.56 Å². The van der Waals surface area contributed by atoms with Crippen molar-refractivity contribution in [2.24, 2.45) is 0 Å². The summed E-state index contributed by atoms with van der Waals surface area (Å²) in [5, 5.41) is 9.21. The SMILES string of the molecule is Oc1cccc(OCc2coc(Br)c2)c1. The summed E-state index contributed by atoms with van der Waals surface area (Å²) in [6.07, 6.45) is 1.62. The van der Waals surface area contributed by atoms with Crippen molar-refractivity contribution in [2.45, 2.75) is 6.61 Å². The van der Waals surface area contributed by atoms with E-state index in [2.05, 4.69) is 15.9 Å². The van der Waals surface area contributed by atoms with E-state index in [0.717, 1.165) is 5.56 Å². The van der Waals surface area contributed by atoms with E-state index in [-0.39, 0.29) is 5.75 Å². The van der Waals surface area contributed by atoms with Crippen LogP contribution in [-0.4, -0.2) is 5.11 Å². The fourth-order valence-corrected chi connectivity index (χ4v) is 1.55. The summed E-state index contributed by atoms with van der Waals surface area (Å²) in [6.45, 7) is 0.415. The molecule has 0 fully saturated rings. The topological polar surface area (TPSA) is 42.6 Å². The molecule has 0 aliphatic rings. The molecule has 15 heavy (non-hydrogen) atoms. The second-order valence-electron chi connectivity index (χ2n) is 3.05. The molecule has 2 rings (SSSR count). The van der Waals surface area contributed by atoms with Crippen LogP contribution in [-0.2, 0) is 6.61 Å². The van der Waals surface area contributed by atoms with E-state index in [9.17, 15) is 5.11 Å². The molecule has 4 heteroatoms. The fraction of sp³-hybridized carbons (Fsp3) is 0.0909. The molecule has 0 bridgehead atoms. The molecule has 3 nitrogen and oxygen atoms in total. The maximum Gasteiger partial charge on any atom is 0.169 e. The van der Waals surface area contributed by atoms with Gasteiger partial charge in [-0.25, -0.2) is 0 Å². The third-order valence-corrected chi connectivity index (χ3v) is 2.26. The van der Waals surface area contributed by atoms with Crippen LogP contribution in [0.5, 0.6) is 11.5 Å². The molecular formula is C11H9BrO3. The van der Waals surface area contributed by atoms with Gasteiger partial charge in [-0.3, -0.25) is 0 Å². The molecule has 0 radical (unpaired) electrons. The Hall–Kier alpha value is -1.42. The Balaban J connectivity index is 1.99. The molecular weight excluding hydrogens is 260 g/mol. The van der Waals surface area contributed by atoms with Crippen molar-refractivity contribution in [2.75, 3.05) is 0 Å². The van der Waals surface area contributed by atoms with Gasteiger partial charge in [-0.05, 0) is 34.1 Å². The predicted molar refractivity (Wildman–Crippen MR) is 58.8 cm³/mol. The average Bonchev–Trinajstić information content (AvgIpc) is 2.62. The van der Waals surface area contributed by atoms with Crippen LogP contribution in [0.2, 0.25) is 0 Å². The van der Waals surface area contributed by atoms with E-state index < -0.39 is 0 Å². The Bertz CT molecular complexity index is 451. The van der Waals surface area contributed by atoms with Crippen LogP contribution in [0, 0.1) is 0 Å². The standard InChI is InChI=1S/C11H9BrO3/c12-11-4-8(7-15-11)6-14-10-3-1-2-9(13)5-10/h1-5,7,13H,6H2. The second kappa shape index (κ2) is 4.40. The molecule has 1 N–H and O–H groups in total. The number of hydrogen-bond donors (Lipinski definition) is 1. The van der Waals surface area contributed by atoms with Gasteiger partial charge in [0, 0.05) is 11.6 Å². The minimum absolute atomic E-state index is 0.195. The number of furan rings is 1. The van der Waals surface area contributed by atoms with Crippen molar-refractivity contribution in [1.29, 1.82) is 0 Å². The van der Waals surface area contributed by atoms with Crippen LogP contribution in [0.25, 0.3) is 0 Å². The molecule has 1 aromatic heterocycles. The summed E-state index contributed by atoms with van der Waals surface area (Å²) in [6, 6.07) is 8.52. The molecule has 0 saturated heterocycles. The van der Waals surface area contributed by atoms with Crippen molar-refractivity contribution in [3.63, 3.8) is 0 Å². The summed E-state index contributed by atoms with van der Waals surface area (Å²) < 4.78 is 11.2. The lowest BCUT2D eigenvalue weighted by atomic mass is 10.3. The van der Waals surface area contributed by atoms with Crippen LogP contribution >= 0.6 is 15.9 Å². The van der Waals surface area contributed by atoms with Gasteiger partial charge in [-0.2, -0.15) is 0 Å². The van der Waals surface area contributed by atoms with Crippen molar-refractivity contribution in [3.05, 3.63) is 46.8 Å². The van der Waals surface area contributed by atoms with Gasteiger partial charge in [0.15, 0.2) is 4.67 Å². The maximum atomic E-state index is 9.21. The first kappa shape index (κ1) is 10.1. The average molecular weight is 269 g/mol. The summed E-state index contributed by atoms with van der Waals surface area (Å²) in [5.41, 5.74) is 0.935. The van der Waals surface area contributed by atoms with Gasteiger partial charge in [0.1, 0.15) is 18.1 Å². The highest BCUT2D eigenvalue weighted by Gasteiger charge is 2.00. The fourth-order valence-electron chi connectivity index (χ4n) is 1.16. The molecule has 0 amide bonds. The Labute approximate surface area is 95.4 Å². The summed E-state index contributed by atoms with van der Waals surface area (Å²) >= 11 is 3.21. The Kier molecular flexibility index (Phi) is 2.97. The van der Waals surface area contributed by atoms with Crippen molar-refractivity contribution >= 4 is 15.9 Å². The molecule has 2 aromatic rings. The highest BCUT2D eigenvalue weighted by Crippen LogP contribution is 2.20. The zero-order chi connectivity index (χ0) is 10.7. The van der Waals surface area contributed by atoms with E-state index in [4.69, 9.17) is 9.15 Å². The lowest BCUT2D eigenvalue weighted by molar-refractivity contribution is 0.303. The lowest BCUT2D eigenvalue weighted by Gasteiger charge is -2.03. The van der Waals surface area contributed by atoms with E-state index in [1.54, 1.807) is 30.5 Å². The number of benzene rings is 1. The molecule has 0 spiro atoms. The molecule has 78 valence electrons. The predicted octanol–water partition coefficient (Wildman–Crippen LogP) is 3.33. The first-order valence-electron chi connectivity index (χ1n) is 4.39. The number of hydrogen-bond acceptors (Lipinski definition) is 3. The monoisotopic (exact) mass is 268 g/mol. The zero-order valence-corrected chi connectivity index (χ0v) is 9.40. The number of phenolic OH excluding ortho intramolecular Hbond substituents is 1. The smallest absolute Gasteiger partial charge is 0.169 e.